The molecule has 0 radical (unpaired) electrons. The van der Waals surface area contributed by atoms with Crippen LogP contribution in [0.3, 0.4) is 0 Å². The third-order valence-electron chi connectivity index (χ3n) is 4.56. The van der Waals surface area contributed by atoms with Gasteiger partial charge in [0.15, 0.2) is 0 Å². The normalized spacial score (nSPS) is 25.5. The number of carbonyl (C=O) groups is 1. The van der Waals surface area contributed by atoms with E-state index >= 15 is 0 Å². The number of aliphatic hydroxyl groups excluding tert-OH is 2. The van der Waals surface area contributed by atoms with Crippen LogP contribution in [0.1, 0.15) is 23.2 Å². The molecule has 1 aliphatic rings. The summed E-state index contributed by atoms with van der Waals surface area (Å²) in [6.45, 7) is 0.611. The molecule has 2 unspecified atom stereocenters. The fourth-order valence-electron chi connectivity index (χ4n) is 3.18. The second-order valence-electron chi connectivity index (χ2n) is 6.57. The minimum absolute atomic E-state index is 0.233. The molecule has 0 spiro atoms. The quantitative estimate of drug-likeness (QED) is 0.738. The van der Waals surface area contributed by atoms with Gasteiger partial charge in [0.05, 0.1) is 24.4 Å². The first-order valence-electron chi connectivity index (χ1n) is 8.30. The van der Waals surface area contributed by atoms with Gasteiger partial charge in [0.25, 0.3) is 5.91 Å². The van der Waals surface area contributed by atoms with E-state index in [9.17, 15) is 15.0 Å². The third kappa shape index (κ3) is 4.35. The molecule has 2 atom stereocenters. The van der Waals surface area contributed by atoms with Crippen molar-refractivity contribution in [3.05, 3.63) is 60.4 Å². The lowest BCUT2D eigenvalue weighted by atomic mass is 9.86. The summed E-state index contributed by atoms with van der Waals surface area (Å²) >= 11 is 0. The average molecular weight is 342 g/mol. The van der Waals surface area contributed by atoms with Crippen LogP contribution < -0.4 is 10.1 Å². The summed E-state index contributed by atoms with van der Waals surface area (Å²) in [5.41, 5.74) is -0.0484. The number of pyridine rings is 1. The number of amides is 1. The number of ether oxygens (including phenoxy) is 1. The number of hydrogen-bond acceptors (Lipinski definition) is 5. The van der Waals surface area contributed by atoms with Crippen molar-refractivity contribution < 1.29 is 19.7 Å². The summed E-state index contributed by atoms with van der Waals surface area (Å²) in [6.07, 6.45) is 2.23. The smallest absolute Gasteiger partial charge is 0.252 e. The van der Waals surface area contributed by atoms with Crippen molar-refractivity contribution in [2.75, 3.05) is 13.2 Å². The zero-order chi connectivity index (χ0) is 17.7. The summed E-state index contributed by atoms with van der Waals surface area (Å²) in [7, 11) is 0. The largest absolute Gasteiger partial charge is 0.493 e. The summed E-state index contributed by atoms with van der Waals surface area (Å²) < 4.78 is 5.84. The molecule has 1 aromatic carbocycles. The van der Waals surface area contributed by atoms with Crippen LogP contribution in [0.15, 0.2) is 54.9 Å². The van der Waals surface area contributed by atoms with Crippen molar-refractivity contribution in [3.63, 3.8) is 0 Å². The number of benzene rings is 1. The van der Waals surface area contributed by atoms with Crippen molar-refractivity contribution in [1.82, 2.24) is 10.3 Å². The van der Waals surface area contributed by atoms with Gasteiger partial charge in [0.1, 0.15) is 5.75 Å². The van der Waals surface area contributed by atoms with Crippen molar-refractivity contribution in [3.8, 4) is 5.75 Å². The Hall–Kier alpha value is -2.44. The second-order valence-corrected chi connectivity index (χ2v) is 6.57. The minimum atomic E-state index is -0.810. The molecular formula is C19H22N2O4. The number of aliphatic hydroxyl groups is 2. The maximum Gasteiger partial charge on any atom is 0.252 e. The number of nitrogens with one attached hydrogen (secondary N) is 1. The molecule has 1 heterocycles. The first-order chi connectivity index (χ1) is 12.1. The van der Waals surface area contributed by atoms with Crippen molar-refractivity contribution in [2.45, 2.75) is 25.0 Å². The molecule has 3 N–H and O–H groups in total. The molecule has 1 saturated carbocycles. The second kappa shape index (κ2) is 7.63. The van der Waals surface area contributed by atoms with Gasteiger partial charge in [-0.1, -0.05) is 18.2 Å². The molecule has 1 fully saturated rings. The van der Waals surface area contributed by atoms with Crippen molar-refractivity contribution in [2.24, 2.45) is 5.41 Å². The van der Waals surface area contributed by atoms with Crippen molar-refractivity contribution in [1.29, 1.82) is 0 Å². The molecule has 25 heavy (non-hydrogen) atoms. The van der Waals surface area contributed by atoms with Crippen LogP contribution in [0.2, 0.25) is 0 Å². The fraction of sp³-hybridized carbons (Fsp3) is 0.368. The lowest BCUT2D eigenvalue weighted by Crippen LogP contribution is -2.40. The van der Waals surface area contributed by atoms with Gasteiger partial charge >= 0.3 is 0 Å². The number of para-hydroxylation sites is 1. The first kappa shape index (κ1) is 17.4. The van der Waals surface area contributed by atoms with Gasteiger partial charge in [-0.25, -0.2) is 0 Å². The van der Waals surface area contributed by atoms with E-state index in [0.29, 0.717) is 31.6 Å². The Labute approximate surface area is 146 Å². The highest BCUT2D eigenvalue weighted by Gasteiger charge is 2.45. The minimum Gasteiger partial charge on any atom is -0.493 e. The molecule has 0 bridgehead atoms. The maximum absolute atomic E-state index is 12.3. The van der Waals surface area contributed by atoms with E-state index in [1.807, 2.05) is 30.3 Å². The highest BCUT2D eigenvalue weighted by Crippen LogP contribution is 2.38. The van der Waals surface area contributed by atoms with Crippen LogP contribution >= 0.6 is 0 Å². The Bertz CT molecular complexity index is 683. The summed E-state index contributed by atoms with van der Waals surface area (Å²) in [4.78, 5) is 16.2. The molecule has 0 aliphatic heterocycles. The summed E-state index contributed by atoms with van der Waals surface area (Å²) in [6, 6.07) is 12.8. The van der Waals surface area contributed by atoms with E-state index in [-0.39, 0.29) is 5.91 Å². The molecule has 2 aromatic rings. The number of nitrogens with zero attached hydrogens (tertiary/aromatic N) is 1. The maximum atomic E-state index is 12.3. The number of carbonyl (C=O) groups excluding carboxylic acids is 1. The average Bonchev–Trinajstić information content (AvgIpc) is 2.94. The lowest BCUT2D eigenvalue weighted by Gasteiger charge is -2.29. The molecule has 1 aliphatic carbocycles. The van der Waals surface area contributed by atoms with Crippen molar-refractivity contribution >= 4 is 5.91 Å². The zero-order valence-corrected chi connectivity index (χ0v) is 13.8. The molecular weight excluding hydrogens is 320 g/mol. The highest BCUT2D eigenvalue weighted by molar-refractivity contribution is 5.93. The van der Waals surface area contributed by atoms with Crippen LogP contribution in [0, 0.1) is 5.41 Å². The molecule has 6 heteroatoms. The topological polar surface area (TPSA) is 91.7 Å². The molecule has 1 amide bonds. The standard InChI is InChI=1S/C19H22N2O4/c22-16-9-19(10-17(16)23,13-25-15-6-2-1-3-7-15)12-21-18(24)14-5-4-8-20-11-14/h1-8,11,16-17,22-23H,9-10,12-13H2,(H,21,24). The summed E-state index contributed by atoms with van der Waals surface area (Å²) in [5, 5.41) is 22.8. The predicted molar refractivity (Wildman–Crippen MR) is 92.2 cm³/mol. The van der Waals surface area contributed by atoms with E-state index in [2.05, 4.69) is 10.3 Å². The first-order valence-corrected chi connectivity index (χ1v) is 8.30. The molecule has 6 nitrogen and oxygen atoms in total. The van der Waals surface area contributed by atoms with Gasteiger partial charge in [-0.15, -0.1) is 0 Å². The van der Waals surface area contributed by atoms with Gasteiger partial charge < -0.3 is 20.3 Å². The number of rotatable bonds is 6. The zero-order valence-electron chi connectivity index (χ0n) is 13.8. The molecule has 3 rings (SSSR count). The monoisotopic (exact) mass is 342 g/mol. The van der Waals surface area contributed by atoms with Crippen LogP contribution in [-0.4, -0.2) is 46.5 Å². The Balaban J connectivity index is 1.66. The Morgan fingerprint density at radius 1 is 1.16 bits per heavy atom. The molecule has 0 saturated heterocycles. The van der Waals surface area contributed by atoms with Crippen LogP contribution in [-0.2, 0) is 0 Å². The van der Waals surface area contributed by atoms with Gasteiger partial charge in [0, 0.05) is 24.4 Å². The van der Waals surface area contributed by atoms with Gasteiger partial charge in [-0.2, -0.15) is 0 Å². The van der Waals surface area contributed by atoms with Gasteiger partial charge in [-0.3, -0.25) is 9.78 Å². The Morgan fingerprint density at radius 2 is 1.88 bits per heavy atom. The Morgan fingerprint density at radius 3 is 2.52 bits per heavy atom. The van der Waals surface area contributed by atoms with Crippen LogP contribution in [0.4, 0.5) is 0 Å². The van der Waals surface area contributed by atoms with E-state index in [4.69, 9.17) is 4.74 Å². The predicted octanol–water partition coefficient (Wildman–Crippen LogP) is 1.39. The van der Waals surface area contributed by atoms with E-state index in [1.54, 1.807) is 18.3 Å². The van der Waals surface area contributed by atoms with Gasteiger partial charge in [-0.05, 0) is 37.1 Å². The Kier molecular flexibility index (Phi) is 5.31. The van der Waals surface area contributed by atoms with Crippen LogP contribution in [0.5, 0.6) is 5.75 Å². The van der Waals surface area contributed by atoms with Crippen LogP contribution in [0.25, 0.3) is 0 Å². The molecule has 132 valence electrons. The van der Waals surface area contributed by atoms with E-state index in [1.165, 1.54) is 6.20 Å². The van der Waals surface area contributed by atoms with E-state index in [0.717, 1.165) is 5.75 Å². The summed E-state index contributed by atoms with van der Waals surface area (Å²) in [5.74, 6) is 0.486. The van der Waals surface area contributed by atoms with Gasteiger partial charge in [0.2, 0.25) is 0 Å². The fourth-order valence-corrected chi connectivity index (χ4v) is 3.18. The number of aromatic nitrogens is 1. The SMILES string of the molecule is O=C(NCC1(COc2ccccc2)CC(O)C(O)C1)c1cccnc1. The van der Waals surface area contributed by atoms with E-state index < -0.39 is 17.6 Å². The third-order valence-corrected chi connectivity index (χ3v) is 4.56. The highest BCUT2D eigenvalue weighted by atomic mass is 16.5. The number of hydrogen-bond donors (Lipinski definition) is 3. The molecule has 1 aromatic heterocycles. The lowest BCUT2D eigenvalue weighted by molar-refractivity contribution is 0.0438.